The van der Waals surface area contributed by atoms with Crippen molar-refractivity contribution in [3.05, 3.63) is 65.9 Å². The number of benzene rings is 2. The fourth-order valence-electron chi connectivity index (χ4n) is 2.29. The van der Waals surface area contributed by atoms with E-state index in [4.69, 9.17) is 11.0 Å². The van der Waals surface area contributed by atoms with Crippen LogP contribution in [0.1, 0.15) is 11.1 Å². The summed E-state index contributed by atoms with van der Waals surface area (Å²) in [5, 5.41) is 13.6. The molecule has 0 radical (unpaired) electrons. The third-order valence-electron chi connectivity index (χ3n) is 3.37. The van der Waals surface area contributed by atoms with E-state index in [2.05, 4.69) is 11.2 Å². The van der Waals surface area contributed by atoms with Gasteiger partial charge in [0, 0.05) is 5.56 Å². The Morgan fingerprint density at radius 2 is 1.95 bits per heavy atom. The second kappa shape index (κ2) is 5.14. The summed E-state index contributed by atoms with van der Waals surface area (Å²) in [5.41, 5.74) is 10.9. The lowest BCUT2D eigenvalue weighted by molar-refractivity contribution is 0.876. The highest BCUT2D eigenvalue weighted by molar-refractivity contribution is 5.73. The molecular weight excluding hydrogens is 260 g/mol. The van der Waals surface area contributed by atoms with Gasteiger partial charge in [-0.1, -0.05) is 30.3 Å². The van der Waals surface area contributed by atoms with E-state index >= 15 is 0 Å². The summed E-state index contributed by atoms with van der Waals surface area (Å²) < 4.78 is 1.78. The van der Waals surface area contributed by atoms with Crippen molar-refractivity contribution in [2.75, 3.05) is 5.73 Å². The number of para-hydroxylation sites is 1. The van der Waals surface area contributed by atoms with E-state index in [1.807, 2.05) is 43.3 Å². The number of nitrogens with zero attached hydrogens (tertiary/aromatic N) is 3. The van der Waals surface area contributed by atoms with Crippen molar-refractivity contribution in [1.82, 2.24) is 9.78 Å². The molecule has 21 heavy (non-hydrogen) atoms. The Labute approximate surface area is 123 Å². The molecule has 1 heterocycles. The number of rotatable bonds is 2. The molecule has 0 saturated carbocycles. The number of nitrogen functional groups attached to an aromatic ring is 1. The van der Waals surface area contributed by atoms with E-state index in [9.17, 15) is 0 Å². The van der Waals surface area contributed by atoms with Crippen LogP contribution in [0.2, 0.25) is 0 Å². The van der Waals surface area contributed by atoms with Crippen LogP contribution in [0.3, 0.4) is 0 Å². The van der Waals surface area contributed by atoms with Crippen LogP contribution >= 0.6 is 0 Å². The number of nitrogens with two attached hydrogens (primary N) is 1. The number of hydrogen-bond acceptors (Lipinski definition) is 3. The Morgan fingerprint density at radius 3 is 2.71 bits per heavy atom. The molecule has 4 nitrogen and oxygen atoms in total. The lowest BCUT2D eigenvalue weighted by atomic mass is 10.1. The van der Waals surface area contributed by atoms with Crippen molar-refractivity contribution in [3.63, 3.8) is 0 Å². The molecule has 0 atom stereocenters. The predicted molar refractivity (Wildman–Crippen MR) is 82.9 cm³/mol. The van der Waals surface area contributed by atoms with Gasteiger partial charge in [-0.2, -0.15) is 10.4 Å². The fourth-order valence-corrected chi connectivity index (χ4v) is 2.29. The van der Waals surface area contributed by atoms with Crippen molar-refractivity contribution in [3.8, 4) is 23.0 Å². The predicted octanol–water partition coefficient (Wildman–Crippen LogP) is 3.30. The van der Waals surface area contributed by atoms with E-state index in [0.29, 0.717) is 16.9 Å². The molecular formula is C17H14N4. The van der Waals surface area contributed by atoms with Gasteiger partial charge in [-0.15, -0.1) is 0 Å². The van der Waals surface area contributed by atoms with Gasteiger partial charge in [0.05, 0.1) is 29.2 Å². The number of nitriles is 1. The Kier molecular flexibility index (Phi) is 3.17. The molecule has 102 valence electrons. The van der Waals surface area contributed by atoms with Crippen molar-refractivity contribution >= 4 is 5.69 Å². The molecule has 4 heteroatoms. The minimum atomic E-state index is 0.591. The summed E-state index contributed by atoms with van der Waals surface area (Å²) >= 11 is 0. The second-order valence-electron chi connectivity index (χ2n) is 4.86. The second-order valence-corrected chi connectivity index (χ2v) is 4.86. The molecule has 0 amide bonds. The first-order valence-corrected chi connectivity index (χ1v) is 6.61. The van der Waals surface area contributed by atoms with Crippen LogP contribution in [0.25, 0.3) is 16.9 Å². The molecule has 0 aliphatic carbocycles. The van der Waals surface area contributed by atoms with Crippen LogP contribution in [0.4, 0.5) is 5.69 Å². The average molecular weight is 274 g/mol. The summed E-state index contributed by atoms with van der Waals surface area (Å²) in [6.45, 7) is 2.03. The van der Waals surface area contributed by atoms with Gasteiger partial charge in [-0.05, 0) is 30.7 Å². The van der Waals surface area contributed by atoms with E-state index in [1.54, 1.807) is 23.0 Å². The molecule has 1 aromatic heterocycles. The molecule has 3 rings (SSSR count). The SMILES string of the molecule is Cc1ccccc1-n1cc(N)c(-c2cccc(C#N)c2)n1. The van der Waals surface area contributed by atoms with Gasteiger partial charge in [0.2, 0.25) is 0 Å². The largest absolute Gasteiger partial charge is 0.396 e. The lowest BCUT2D eigenvalue weighted by Crippen LogP contribution is -1.97. The molecule has 2 aromatic carbocycles. The Morgan fingerprint density at radius 1 is 1.14 bits per heavy atom. The molecule has 0 aliphatic rings. The zero-order valence-electron chi connectivity index (χ0n) is 11.6. The summed E-state index contributed by atoms with van der Waals surface area (Å²) in [5.74, 6) is 0. The van der Waals surface area contributed by atoms with Crippen molar-refractivity contribution < 1.29 is 0 Å². The van der Waals surface area contributed by atoms with Crippen LogP contribution in [-0.4, -0.2) is 9.78 Å². The van der Waals surface area contributed by atoms with E-state index in [-0.39, 0.29) is 0 Å². The maximum Gasteiger partial charge on any atom is 0.116 e. The third-order valence-corrected chi connectivity index (χ3v) is 3.37. The zero-order valence-corrected chi connectivity index (χ0v) is 11.6. The molecule has 0 aliphatic heterocycles. The van der Waals surface area contributed by atoms with Crippen molar-refractivity contribution in [2.24, 2.45) is 0 Å². The standard InChI is InChI=1S/C17H14N4/c1-12-5-2-3-8-16(12)21-11-15(19)17(20-21)14-7-4-6-13(9-14)10-18/h2-9,11H,19H2,1H3. The van der Waals surface area contributed by atoms with Crippen LogP contribution in [0, 0.1) is 18.3 Å². The molecule has 0 fully saturated rings. The van der Waals surface area contributed by atoms with Crippen LogP contribution < -0.4 is 5.73 Å². The summed E-state index contributed by atoms with van der Waals surface area (Å²) in [4.78, 5) is 0. The van der Waals surface area contributed by atoms with Gasteiger partial charge >= 0.3 is 0 Å². The van der Waals surface area contributed by atoms with E-state index in [0.717, 1.165) is 16.8 Å². The van der Waals surface area contributed by atoms with Gasteiger partial charge in [0.15, 0.2) is 0 Å². The summed E-state index contributed by atoms with van der Waals surface area (Å²) in [6, 6.07) is 17.4. The maximum atomic E-state index is 8.99. The lowest BCUT2D eigenvalue weighted by Gasteiger charge is -2.04. The summed E-state index contributed by atoms with van der Waals surface area (Å²) in [7, 11) is 0. The first kappa shape index (κ1) is 12.9. The quantitative estimate of drug-likeness (QED) is 0.779. The highest BCUT2D eigenvalue weighted by Crippen LogP contribution is 2.26. The van der Waals surface area contributed by atoms with Crippen LogP contribution in [0.15, 0.2) is 54.7 Å². The molecule has 2 N–H and O–H groups in total. The van der Waals surface area contributed by atoms with Gasteiger partial charge < -0.3 is 5.73 Å². The number of aromatic nitrogens is 2. The van der Waals surface area contributed by atoms with Crippen LogP contribution in [-0.2, 0) is 0 Å². The molecule has 0 saturated heterocycles. The molecule has 0 bridgehead atoms. The van der Waals surface area contributed by atoms with Crippen molar-refractivity contribution in [1.29, 1.82) is 5.26 Å². The monoisotopic (exact) mass is 274 g/mol. The highest BCUT2D eigenvalue weighted by atomic mass is 15.3. The number of anilines is 1. The number of aryl methyl sites for hydroxylation is 1. The normalized spacial score (nSPS) is 10.3. The smallest absolute Gasteiger partial charge is 0.116 e. The van der Waals surface area contributed by atoms with Gasteiger partial charge in [0.1, 0.15) is 5.69 Å². The third kappa shape index (κ3) is 2.37. The molecule has 0 unspecified atom stereocenters. The fraction of sp³-hybridized carbons (Fsp3) is 0.0588. The van der Waals surface area contributed by atoms with Gasteiger partial charge in [-0.3, -0.25) is 0 Å². The first-order valence-electron chi connectivity index (χ1n) is 6.61. The Hall–Kier alpha value is -3.06. The van der Waals surface area contributed by atoms with Gasteiger partial charge in [-0.25, -0.2) is 4.68 Å². The first-order chi connectivity index (χ1) is 10.2. The Balaban J connectivity index is 2.10. The van der Waals surface area contributed by atoms with E-state index < -0.39 is 0 Å². The minimum Gasteiger partial charge on any atom is -0.396 e. The summed E-state index contributed by atoms with van der Waals surface area (Å²) in [6.07, 6.45) is 1.80. The molecule has 3 aromatic rings. The van der Waals surface area contributed by atoms with Crippen LogP contribution in [0.5, 0.6) is 0 Å². The highest BCUT2D eigenvalue weighted by Gasteiger charge is 2.11. The topological polar surface area (TPSA) is 67.6 Å². The number of hydrogen-bond donors (Lipinski definition) is 1. The molecule has 0 spiro atoms. The Bertz CT molecular complexity index is 840. The average Bonchev–Trinajstić information content (AvgIpc) is 2.89. The minimum absolute atomic E-state index is 0.591. The van der Waals surface area contributed by atoms with E-state index in [1.165, 1.54) is 0 Å². The van der Waals surface area contributed by atoms with Crippen molar-refractivity contribution in [2.45, 2.75) is 6.92 Å². The van der Waals surface area contributed by atoms with Gasteiger partial charge in [0.25, 0.3) is 0 Å². The maximum absolute atomic E-state index is 8.99. The zero-order chi connectivity index (χ0) is 14.8.